The third-order valence-electron chi connectivity index (χ3n) is 4.91. The number of hydrogen-bond donors (Lipinski definition) is 0. The Hall–Kier alpha value is -1.64. The van der Waals surface area contributed by atoms with Crippen LogP contribution in [0.1, 0.15) is 37.8 Å². The molecule has 1 aromatic rings. The zero-order valence-corrected chi connectivity index (χ0v) is 14.6. The molecule has 1 unspecified atom stereocenters. The minimum atomic E-state index is -5.00. The summed E-state index contributed by atoms with van der Waals surface area (Å²) >= 11 is 0. The SMILES string of the molecule is CS(=O)(=O)C1(C(F)(F)F)CN(C2CCCCC2)C(c2ccccn2)=N1. The fourth-order valence-electron chi connectivity index (χ4n) is 3.53. The van der Waals surface area contributed by atoms with Crippen LogP contribution in [0.25, 0.3) is 0 Å². The van der Waals surface area contributed by atoms with E-state index in [-0.39, 0.29) is 17.6 Å². The molecule has 3 rings (SSSR count). The normalized spacial score (nSPS) is 25.9. The molecule has 0 N–H and O–H groups in total. The fourth-order valence-corrected chi connectivity index (χ4v) is 4.58. The molecule has 5 nitrogen and oxygen atoms in total. The maximum Gasteiger partial charge on any atom is 0.429 e. The first-order valence-electron chi connectivity index (χ1n) is 8.20. The van der Waals surface area contributed by atoms with Gasteiger partial charge in [-0.25, -0.2) is 13.4 Å². The summed E-state index contributed by atoms with van der Waals surface area (Å²) in [4.78, 5) is 6.23. The summed E-state index contributed by atoms with van der Waals surface area (Å²) in [7, 11) is -4.52. The van der Waals surface area contributed by atoms with Crippen LogP contribution in [0.5, 0.6) is 0 Å². The van der Waals surface area contributed by atoms with Gasteiger partial charge < -0.3 is 4.90 Å². The van der Waals surface area contributed by atoms with Crippen molar-refractivity contribution in [2.45, 2.75) is 49.2 Å². The number of sulfone groups is 1. The van der Waals surface area contributed by atoms with Crippen LogP contribution >= 0.6 is 0 Å². The Labute approximate surface area is 144 Å². The van der Waals surface area contributed by atoms with Crippen molar-refractivity contribution in [1.82, 2.24) is 9.88 Å². The third-order valence-corrected chi connectivity index (χ3v) is 6.59. The average Bonchev–Trinajstić information content (AvgIpc) is 2.98. The standard InChI is InChI=1S/C16H20F3N3O2S/c1-25(23,24)15(16(17,18)19)11-22(12-7-3-2-4-8-12)14(21-15)13-9-5-6-10-20-13/h5-6,9-10,12H,2-4,7-8,11H2,1H3. The predicted octanol–water partition coefficient (Wildman–Crippen LogP) is 2.78. The van der Waals surface area contributed by atoms with Crippen molar-refractivity contribution in [2.75, 3.05) is 12.8 Å². The second kappa shape index (κ2) is 6.26. The molecule has 138 valence electrons. The molecule has 1 aromatic heterocycles. The number of amidine groups is 1. The van der Waals surface area contributed by atoms with Crippen LogP contribution in [0.2, 0.25) is 0 Å². The molecule has 9 heteroatoms. The van der Waals surface area contributed by atoms with Crippen LogP contribution in [0.15, 0.2) is 29.4 Å². The van der Waals surface area contributed by atoms with Gasteiger partial charge in [0.05, 0.1) is 6.54 Å². The van der Waals surface area contributed by atoms with Gasteiger partial charge in [0.1, 0.15) is 5.69 Å². The first kappa shape index (κ1) is 18.2. The number of aliphatic imine (C=N–C) groups is 1. The van der Waals surface area contributed by atoms with E-state index in [1.165, 1.54) is 11.1 Å². The molecule has 1 saturated carbocycles. The second-order valence-electron chi connectivity index (χ2n) is 6.62. The van der Waals surface area contributed by atoms with Crippen molar-refractivity contribution in [3.8, 4) is 0 Å². The molecule has 0 saturated heterocycles. The molecule has 2 heterocycles. The van der Waals surface area contributed by atoms with Gasteiger partial charge in [0.25, 0.3) is 4.87 Å². The Morgan fingerprint density at radius 1 is 1.20 bits per heavy atom. The van der Waals surface area contributed by atoms with Gasteiger partial charge in [-0.05, 0) is 25.0 Å². The van der Waals surface area contributed by atoms with Crippen molar-refractivity contribution in [3.05, 3.63) is 30.1 Å². The fraction of sp³-hybridized carbons (Fsp3) is 0.625. The van der Waals surface area contributed by atoms with Gasteiger partial charge in [0, 0.05) is 18.5 Å². The number of nitrogens with zero attached hydrogens (tertiary/aromatic N) is 3. The lowest BCUT2D eigenvalue weighted by molar-refractivity contribution is -0.159. The highest BCUT2D eigenvalue weighted by Gasteiger charge is 2.66. The number of hydrogen-bond acceptors (Lipinski definition) is 5. The van der Waals surface area contributed by atoms with Crippen molar-refractivity contribution >= 4 is 15.7 Å². The van der Waals surface area contributed by atoms with Crippen LogP contribution in [-0.2, 0) is 9.84 Å². The first-order chi connectivity index (χ1) is 11.7. The van der Waals surface area contributed by atoms with Gasteiger partial charge in [-0.3, -0.25) is 4.98 Å². The highest BCUT2D eigenvalue weighted by Crippen LogP contribution is 2.44. The number of alkyl halides is 3. The molecule has 1 aliphatic carbocycles. The second-order valence-corrected chi connectivity index (χ2v) is 8.84. The molecule has 25 heavy (non-hydrogen) atoms. The minimum Gasteiger partial charge on any atom is -0.348 e. The maximum absolute atomic E-state index is 13.8. The van der Waals surface area contributed by atoms with E-state index in [9.17, 15) is 21.6 Å². The lowest BCUT2D eigenvalue weighted by Gasteiger charge is -2.35. The quantitative estimate of drug-likeness (QED) is 0.815. The molecule has 0 radical (unpaired) electrons. The Morgan fingerprint density at radius 3 is 2.40 bits per heavy atom. The zero-order chi connectivity index (χ0) is 18.3. The minimum absolute atomic E-state index is 0.0234. The Balaban J connectivity index is 2.13. The summed E-state index contributed by atoms with van der Waals surface area (Å²) in [6.45, 7) is -0.702. The molecule has 0 amide bonds. The van der Waals surface area contributed by atoms with Crippen LogP contribution in [0, 0.1) is 0 Å². The van der Waals surface area contributed by atoms with Crippen molar-refractivity contribution in [3.63, 3.8) is 0 Å². The molecular weight excluding hydrogens is 355 g/mol. The number of pyridine rings is 1. The van der Waals surface area contributed by atoms with Gasteiger partial charge in [0.2, 0.25) is 0 Å². The van der Waals surface area contributed by atoms with Gasteiger partial charge in [0.15, 0.2) is 15.7 Å². The lowest BCUT2D eigenvalue weighted by Crippen LogP contribution is -2.54. The summed E-state index contributed by atoms with van der Waals surface area (Å²) in [5.74, 6) is 0.0234. The molecule has 1 fully saturated rings. The van der Waals surface area contributed by atoms with Crippen LogP contribution in [-0.4, -0.2) is 54.0 Å². The summed E-state index contributed by atoms with van der Waals surface area (Å²) in [6, 6.07) is 4.71. The highest BCUT2D eigenvalue weighted by molar-refractivity contribution is 7.92. The van der Waals surface area contributed by atoms with Gasteiger partial charge >= 0.3 is 6.18 Å². The van der Waals surface area contributed by atoms with E-state index in [1.54, 1.807) is 18.2 Å². The first-order valence-corrected chi connectivity index (χ1v) is 10.1. The molecule has 0 bridgehead atoms. The van der Waals surface area contributed by atoms with Crippen LogP contribution in [0.4, 0.5) is 13.2 Å². The van der Waals surface area contributed by atoms with Crippen LogP contribution in [0.3, 0.4) is 0 Å². The molecule has 0 aromatic carbocycles. The molecular formula is C16H20F3N3O2S. The van der Waals surface area contributed by atoms with Crippen molar-refractivity contribution in [1.29, 1.82) is 0 Å². The summed E-state index contributed by atoms with van der Waals surface area (Å²) < 4.78 is 65.7. The Bertz CT molecular complexity index is 759. The van der Waals surface area contributed by atoms with Crippen molar-refractivity contribution in [2.24, 2.45) is 4.99 Å². The van der Waals surface area contributed by atoms with Crippen LogP contribution < -0.4 is 0 Å². The molecule has 2 aliphatic rings. The van der Waals surface area contributed by atoms with Gasteiger partial charge in [-0.15, -0.1) is 0 Å². The Kier molecular flexibility index (Phi) is 4.55. The monoisotopic (exact) mass is 375 g/mol. The van der Waals surface area contributed by atoms with E-state index in [0.717, 1.165) is 32.1 Å². The molecule has 1 atom stereocenters. The maximum atomic E-state index is 13.8. The predicted molar refractivity (Wildman–Crippen MR) is 88.0 cm³/mol. The van der Waals surface area contributed by atoms with Crippen molar-refractivity contribution < 1.29 is 21.6 Å². The van der Waals surface area contributed by atoms with Gasteiger partial charge in [-0.2, -0.15) is 13.2 Å². The van der Waals surface area contributed by atoms with E-state index in [4.69, 9.17) is 0 Å². The molecule has 1 aliphatic heterocycles. The Morgan fingerprint density at radius 2 is 1.88 bits per heavy atom. The smallest absolute Gasteiger partial charge is 0.348 e. The zero-order valence-electron chi connectivity index (χ0n) is 13.8. The highest BCUT2D eigenvalue weighted by atomic mass is 32.2. The number of aromatic nitrogens is 1. The number of rotatable bonds is 3. The molecule has 0 spiro atoms. The van der Waals surface area contributed by atoms with E-state index in [1.807, 2.05) is 0 Å². The third kappa shape index (κ3) is 3.14. The topological polar surface area (TPSA) is 62.6 Å². The van der Waals surface area contributed by atoms with E-state index >= 15 is 0 Å². The van der Waals surface area contributed by atoms with Gasteiger partial charge in [-0.1, -0.05) is 25.3 Å². The number of halogens is 3. The largest absolute Gasteiger partial charge is 0.429 e. The summed E-state index contributed by atoms with van der Waals surface area (Å²) in [5.41, 5.74) is 0.267. The summed E-state index contributed by atoms with van der Waals surface area (Å²) in [6.07, 6.45) is 1.38. The average molecular weight is 375 g/mol. The van der Waals surface area contributed by atoms with E-state index < -0.39 is 27.4 Å². The summed E-state index contributed by atoms with van der Waals surface area (Å²) in [5, 5.41) is 0. The van der Waals surface area contributed by atoms with E-state index in [0.29, 0.717) is 6.26 Å². The van der Waals surface area contributed by atoms with E-state index in [2.05, 4.69) is 9.98 Å². The lowest BCUT2D eigenvalue weighted by atomic mass is 9.94.